The standard InChI is InChI=1S/C27H41ClN4/c1-22-17-23(2)27(24(3)18-22)21-32(20-25-7-4-8-26(28)19-25)12-6-11-31-15-13-30(14-16-31)10-5-9-29/h4,7-8,17-19H,5-6,9-16,20-21,29H2,1-3H3. The number of nitrogens with zero attached hydrogens (tertiary/aromatic N) is 3. The summed E-state index contributed by atoms with van der Waals surface area (Å²) in [7, 11) is 0. The minimum atomic E-state index is 0.794. The average Bonchev–Trinajstić information content (AvgIpc) is 2.75. The first-order chi connectivity index (χ1) is 15.4. The van der Waals surface area contributed by atoms with Crippen molar-refractivity contribution in [1.82, 2.24) is 14.7 Å². The molecule has 0 radical (unpaired) electrons. The molecule has 2 aromatic rings. The van der Waals surface area contributed by atoms with E-state index in [-0.39, 0.29) is 0 Å². The zero-order chi connectivity index (χ0) is 22.9. The Morgan fingerprint density at radius 3 is 2.09 bits per heavy atom. The smallest absolute Gasteiger partial charge is 0.0409 e. The molecule has 1 saturated heterocycles. The summed E-state index contributed by atoms with van der Waals surface area (Å²) in [5.41, 5.74) is 12.5. The third-order valence-corrected chi connectivity index (χ3v) is 6.84. The maximum atomic E-state index is 6.27. The van der Waals surface area contributed by atoms with E-state index in [1.54, 1.807) is 0 Å². The van der Waals surface area contributed by atoms with Crippen LogP contribution < -0.4 is 5.73 Å². The maximum absolute atomic E-state index is 6.27. The van der Waals surface area contributed by atoms with Crippen LogP contribution in [-0.4, -0.2) is 67.1 Å². The van der Waals surface area contributed by atoms with E-state index >= 15 is 0 Å². The van der Waals surface area contributed by atoms with Crippen molar-refractivity contribution in [2.45, 2.75) is 46.7 Å². The minimum absolute atomic E-state index is 0.794. The van der Waals surface area contributed by atoms with Gasteiger partial charge in [-0.2, -0.15) is 0 Å². The van der Waals surface area contributed by atoms with Gasteiger partial charge in [0.1, 0.15) is 0 Å². The van der Waals surface area contributed by atoms with E-state index in [4.69, 9.17) is 17.3 Å². The quantitative estimate of drug-likeness (QED) is 0.535. The van der Waals surface area contributed by atoms with Gasteiger partial charge in [-0.1, -0.05) is 41.4 Å². The molecule has 1 aliphatic rings. The molecule has 176 valence electrons. The zero-order valence-electron chi connectivity index (χ0n) is 20.2. The predicted octanol–water partition coefficient (Wildman–Crippen LogP) is 4.62. The van der Waals surface area contributed by atoms with E-state index in [9.17, 15) is 0 Å². The second-order valence-corrected chi connectivity index (χ2v) is 9.83. The first-order valence-electron chi connectivity index (χ1n) is 12.1. The third kappa shape index (κ3) is 7.86. The fraction of sp³-hybridized carbons (Fsp3) is 0.556. The molecule has 1 fully saturated rings. The Balaban J connectivity index is 1.58. The summed E-state index contributed by atoms with van der Waals surface area (Å²) in [4.78, 5) is 7.77. The van der Waals surface area contributed by atoms with Gasteiger partial charge in [-0.25, -0.2) is 0 Å². The molecule has 0 aliphatic carbocycles. The van der Waals surface area contributed by atoms with Crippen LogP contribution in [0.1, 0.15) is 40.7 Å². The first kappa shape index (κ1) is 25.2. The molecule has 3 rings (SSSR count). The second-order valence-electron chi connectivity index (χ2n) is 9.40. The van der Waals surface area contributed by atoms with Crippen molar-refractivity contribution in [1.29, 1.82) is 0 Å². The molecular weight excluding hydrogens is 416 g/mol. The Morgan fingerprint density at radius 1 is 0.875 bits per heavy atom. The molecule has 0 saturated carbocycles. The highest BCUT2D eigenvalue weighted by Gasteiger charge is 2.17. The van der Waals surface area contributed by atoms with Gasteiger partial charge in [-0.3, -0.25) is 4.90 Å². The fourth-order valence-corrected chi connectivity index (χ4v) is 5.07. The summed E-state index contributed by atoms with van der Waals surface area (Å²) >= 11 is 6.27. The van der Waals surface area contributed by atoms with Crippen molar-refractivity contribution in [3.8, 4) is 0 Å². The molecule has 0 aromatic heterocycles. The predicted molar refractivity (Wildman–Crippen MR) is 137 cm³/mol. The highest BCUT2D eigenvalue weighted by molar-refractivity contribution is 6.30. The van der Waals surface area contributed by atoms with Crippen LogP contribution >= 0.6 is 11.6 Å². The van der Waals surface area contributed by atoms with Crippen LogP contribution in [0.15, 0.2) is 36.4 Å². The summed E-state index contributed by atoms with van der Waals surface area (Å²) in [6, 6.07) is 12.9. The van der Waals surface area contributed by atoms with Gasteiger partial charge in [0.25, 0.3) is 0 Å². The van der Waals surface area contributed by atoms with Gasteiger partial charge in [0.05, 0.1) is 0 Å². The lowest BCUT2D eigenvalue weighted by atomic mass is 9.99. The van der Waals surface area contributed by atoms with Crippen LogP contribution in [0.4, 0.5) is 0 Å². The lowest BCUT2D eigenvalue weighted by Crippen LogP contribution is -2.47. The lowest BCUT2D eigenvalue weighted by Gasteiger charge is -2.35. The number of hydrogen-bond donors (Lipinski definition) is 1. The first-order valence-corrected chi connectivity index (χ1v) is 12.5. The summed E-state index contributed by atoms with van der Waals surface area (Å²) in [6.45, 7) is 17.5. The zero-order valence-corrected chi connectivity index (χ0v) is 21.0. The molecule has 1 heterocycles. The Morgan fingerprint density at radius 2 is 1.50 bits per heavy atom. The summed E-state index contributed by atoms with van der Waals surface area (Å²) < 4.78 is 0. The van der Waals surface area contributed by atoms with Crippen molar-refractivity contribution in [2.75, 3.05) is 52.4 Å². The monoisotopic (exact) mass is 456 g/mol. The summed E-state index contributed by atoms with van der Waals surface area (Å²) in [5.74, 6) is 0. The van der Waals surface area contributed by atoms with E-state index in [1.807, 2.05) is 6.07 Å². The van der Waals surface area contributed by atoms with Gasteiger partial charge >= 0.3 is 0 Å². The Kier molecular flexibility index (Phi) is 10.0. The average molecular weight is 457 g/mol. The van der Waals surface area contributed by atoms with Crippen LogP contribution in [0.5, 0.6) is 0 Å². The van der Waals surface area contributed by atoms with Gasteiger partial charge in [0.15, 0.2) is 0 Å². The molecule has 2 aromatic carbocycles. The molecule has 0 bridgehead atoms. The molecule has 2 N–H and O–H groups in total. The number of aryl methyl sites for hydroxylation is 3. The molecular formula is C27H41ClN4. The van der Waals surface area contributed by atoms with E-state index in [0.29, 0.717) is 0 Å². The van der Waals surface area contributed by atoms with Crippen LogP contribution in [-0.2, 0) is 13.1 Å². The molecule has 0 unspecified atom stereocenters. The van der Waals surface area contributed by atoms with Gasteiger partial charge in [-0.05, 0) is 87.6 Å². The summed E-state index contributed by atoms with van der Waals surface area (Å²) in [5, 5.41) is 0.817. The van der Waals surface area contributed by atoms with Crippen molar-refractivity contribution >= 4 is 11.6 Å². The minimum Gasteiger partial charge on any atom is -0.330 e. The van der Waals surface area contributed by atoms with Crippen molar-refractivity contribution in [3.05, 3.63) is 69.2 Å². The van der Waals surface area contributed by atoms with E-state index in [1.165, 1.54) is 67.0 Å². The van der Waals surface area contributed by atoms with Gasteiger partial charge < -0.3 is 15.5 Å². The van der Waals surface area contributed by atoms with E-state index in [0.717, 1.165) is 44.2 Å². The molecule has 5 heteroatoms. The molecule has 4 nitrogen and oxygen atoms in total. The second kappa shape index (κ2) is 12.7. The number of nitrogens with two attached hydrogens (primary N) is 1. The van der Waals surface area contributed by atoms with Gasteiger partial charge in [-0.15, -0.1) is 0 Å². The fourth-order valence-electron chi connectivity index (χ4n) is 4.86. The van der Waals surface area contributed by atoms with Gasteiger partial charge in [0, 0.05) is 50.8 Å². The Labute approximate surface area is 200 Å². The van der Waals surface area contributed by atoms with Crippen molar-refractivity contribution in [2.24, 2.45) is 5.73 Å². The van der Waals surface area contributed by atoms with Crippen LogP contribution in [0.2, 0.25) is 5.02 Å². The number of benzene rings is 2. The van der Waals surface area contributed by atoms with Gasteiger partial charge in [0.2, 0.25) is 0 Å². The highest BCUT2D eigenvalue weighted by Crippen LogP contribution is 2.21. The Bertz CT molecular complexity index is 822. The molecule has 0 atom stereocenters. The number of piperazine rings is 1. The van der Waals surface area contributed by atoms with Crippen molar-refractivity contribution in [3.63, 3.8) is 0 Å². The SMILES string of the molecule is Cc1cc(C)c(CN(CCCN2CCN(CCCN)CC2)Cc2cccc(Cl)c2)c(C)c1. The largest absolute Gasteiger partial charge is 0.330 e. The number of halogens is 1. The number of rotatable bonds is 11. The molecule has 1 aliphatic heterocycles. The van der Waals surface area contributed by atoms with Crippen LogP contribution in [0, 0.1) is 20.8 Å². The molecule has 0 spiro atoms. The Hall–Kier alpha value is -1.43. The third-order valence-electron chi connectivity index (χ3n) is 6.61. The topological polar surface area (TPSA) is 35.7 Å². The van der Waals surface area contributed by atoms with Crippen LogP contribution in [0.25, 0.3) is 0 Å². The normalized spacial score (nSPS) is 15.6. The van der Waals surface area contributed by atoms with E-state index < -0.39 is 0 Å². The van der Waals surface area contributed by atoms with E-state index in [2.05, 4.69) is 65.8 Å². The highest BCUT2D eigenvalue weighted by atomic mass is 35.5. The van der Waals surface area contributed by atoms with Crippen LogP contribution in [0.3, 0.4) is 0 Å². The lowest BCUT2D eigenvalue weighted by molar-refractivity contribution is 0.125. The maximum Gasteiger partial charge on any atom is 0.0409 e. The van der Waals surface area contributed by atoms with Crippen molar-refractivity contribution < 1.29 is 0 Å². The molecule has 32 heavy (non-hydrogen) atoms. The summed E-state index contributed by atoms with van der Waals surface area (Å²) in [6.07, 6.45) is 2.30. The number of hydrogen-bond acceptors (Lipinski definition) is 4. The molecule has 0 amide bonds.